The van der Waals surface area contributed by atoms with Crippen molar-refractivity contribution in [2.75, 3.05) is 5.75 Å². The van der Waals surface area contributed by atoms with Gasteiger partial charge in [-0.1, -0.05) is 48.0 Å². The minimum atomic E-state index is -3.43. The molecule has 0 heterocycles. The van der Waals surface area contributed by atoms with Gasteiger partial charge in [0.15, 0.2) is 9.84 Å². The fourth-order valence-electron chi connectivity index (χ4n) is 2.27. The maximum atomic E-state index is 12.3. The third-order valence-corrected chi connectivity index (χ3v) is 5.45. The van der Waals surface area contributed by atoms with Crippen LogP contribution in [0.4, 0.5) is 4.79 Å². The molecule has 128 valence electrons. The molecule has 0 spiro atoms. The summed E-state index contributed by atoms with van der Waals surface area (Å²) in [6, 6.07) is 15.3. The van der Waals surface area contributed by atoms with Crippen molar-refractivity contribution in [3.63, 3.8) is 0 Å². The summed E-state index contributed by atoms with van der Waals surface area (Å²) in [6.07, 6.45) is 0. The standard InChI is InChI=1S/C18H22N2O3S/c1-14-8-10-17(11-9-14)24(22,23)13-15(2)20-18(21)19-12-16-6-4-3-5-7-16/h3-11,15H,12-13H2,1-2H3,(H2,19,20,21)/t15-/m0/s1. The Morgan fingerprint density at radius 2 is 1.67 bits per heavy atom. The SMILES string of the molecule is Cc1ccc(S(=O)(=O)C[C@H](C)NC(=O)NCc2ccccc2)cc1. The maximum Gasteiger partial charge on any atom is 0.315 e. The van der Waals surface area contributed by atoms with E-state index in [1.165, 1.54) is 0 Å². The van der Waals surface area contributed by atoms with Crippen molar-refractivity contribution in [3.05, 3.63) is 65.7 Å². The van der Waals surface area contributed by atoms with Gasteiger partial charge in [0.1, 0.15) is 0 Å². The second-order valence-electron chi connectivity index (χ2n) is 5.81. The van der Waals surface area contributed by atoms with E-state index in [1.807, 2.05) is 37.3 Å². The van der Waals surface area contributed by atoms with Gasteiger partial charge in [0.25, 0.3) is 0 Å². The predicted octanol–water partition coefficient (Wildman–Crippen LogP) is 2.66. The first-order chi connectivity index (χ1) is 11.4. The number of hydrogen-bond donors (Lipinski definition) is 2. The highest BCUT2D eigenvalue weighted by Crippen LogP contribution is 2.13. The number of amides is 2. The van der Waals surface area contributed by atoms with Crippen LogP contribution in [0.15, 0.2) is 59.5 Å². The van der Waals surface area contributed by atoms with Crippen molar-refractivity contribution in [2.45, 2.75) is 31.3 Å². The van der Waals surface area contributed by atoms with E-state index in [-0.39, 0.29) is 16.7 Å². The number of carbonyl (C=O) groups is 1. The van der Waals surface area contributed by atoms with E-state index in [1.54, 1.807) is 31.2 Å². The van der Waals surface area contributed by atoms with Gasteiger partial charge in [-0.25, -0.2) is 13.2 Å². The molecule has 2 aromatic rings. The fourth-order valence-corrected chi connectivity index (χ4v) is 3.75. The van der Waals surface area contributed by atoms with Crippen molar-refractivity contribution in [3.8, 4) is 0 Å². The van der Waals surface area contributed by atoms with Crippen molar-refractivity contribution in [2.24, 2.45) is 0 Å². The minimum absolute atomic E-state index is 0.144. The zero-order chi connectivity index (χ0) is 17.6. The van der Waals surface area contributed by atoms with E-state index in [2.05, 4.69) is 10.6 Å². The first kappa shape index (κ1) is 18.0. The van der Waals surface area contributed by atoms with Crippen LogP contribution in [0.2, 0.25) is 0 Å². The summed E-state index contributed by atoms with van der Waals surface area (Å²) >= 11 is 0. The molecular weight excluding hydrogens is 324 g/mol. The Labute approximate surface area is 143 Å². The zero-order valence-electron chi connectivity index (χ0n) is 13.8. The molecule has 0 fully saturated rings. The van der Waals surface area contributed by atoms with Gasteiger partial charge in [-0.15, -0.1) is 0 Å². The topological polar surface area (TPSA) is 75.3 Å². The summed E-state index contributed by atoms with van der Waals surface area (Å²) in [6.45, 7) is 3.97. The van der Waals surface area contributed by atoms with Crippen LogP contribution >= 0.6 is 0 Å². The molecule has 24 heavy (non-hydrogen) atoms. The van der Waals surface area contributed by atoms with Crippen molar-refractivity contribution in [1.29, 1.82) is 0 Å². The van der Waals surface area contributed by atoms with Crippen LogP contribution in [0.1, 0.15) is 18.1 Å². The highest BCUT2D eigenvalue weighted by Gasteiger charge is 2.19. The van der Waals surface area contributed by atoms with Crippen LogP contribution in [-0.2, 0) is 16.4 Å². The lowest BCUT2D eigenvalue weighted by molar-refractivity contribution is 0.238. The van der Waals surface area contributed by atoms with Crippen LogP contribution in [0.5, 0.6) is 0 Å². The van der Waals surface area contributed by atoms with E-state index >= 15 is 0 Å². The molecule has 0 aliphatic rings. The van der Waals surface area contributed by atoms with Gasteiger partial charge >= 0.3 is 6.03 Å². The lowest BCUT2D eigenvalue weighted by Gasteiger charge is -2.15. The molecule has 2 amide bonds. The normalized spacial score (nSPS) is 12.4. The Morgan fingerprint density at radius 1 is 1.04 bits per heavy atom. The molecule has 6 heteroatoms. The Hall–Kier alpha value is -2.34. The average Bonchev–Trinajstić information content (AvgIpc) is 2.53. The second-order valence-corrected chi connectivity index (χ2v) is 7.84. The summed E-state index contributed by atoms with van der Waals surface area (Å²) in [5.41, 5.74) is 1.98. The number of urea groups is 1. The molecule has 2 aromatic carbocycles. The number of sulfone groups is 1. The van der Waals surface area contributed by atoms with Crippen molar-refractivity contribution < 1.29 is 13.2 Å². The van der Waals surface area contributed by atoms with Gasteiger partial charge in [-0.05, 0) is 31.5 Å². The van der Waals surface area contributed by atoms with Crippen LogP contribution in [-0.4, -0.2) is 26.2 Å². The number of nitrogens with one attached hydrogen (secondary N) is 2. The molecule has 0 saturated heterocycles. The molecule has 0 bridgehead atoms. The van der Waals surface area contributed by atoms with Crippen LogP contribution in [0.3, 0.4) is 0 Å². The van der Waals surface area contributed by atoms with E-state index < -0.39 is 15.9 Å². The highest BCUT2D eigenvalue weighted by atomic mass is 32.2. The number of rotatable bonds is 6. The quantitative estimate of drug-likeness (QED) is 0.844. The van der Waals surface area contributed by atoms with Crippen LogP contribution in [0, 0.1) is 6.92 Å². The highest BCUT2D eigenvalue weighted by molar-refractivity contribution is 7.91. The number of benzene rings is 2. The Kier molecular flexibility index (Phi) is 5.98. The lowest BCUT2D eigenvalue weighted by Crippen LogP contribution is -2.43. The number of hydrogen-bond acceptors (Lipinski definition) is 3. The van der Waals surface area contributed by atoms with Gasteiger partial charge in [0.05, 0.1) is 10.6 Å². The predicted molar refractivity (Wildman–Crippen MR) is 94.5 cm³/mol. The first-order valence-electron chi connectivity index (χ1n) is 7.74. The molecule has 1 atom stereocenters. The van der Waals surface area contributed by atoms with Crippen molar-refractivity contribution in [1.82, 2.24) is 10.6 Å². The summed E-state index contributed by atoms with van der Waals surface area (Å²) in [5, 5.41) is 5.38. The van der Waals surface area contributed by atoms with Gasteiger partial charge in [0.2, 0.25) is 0 Å². The number of carbonyl (C=O) groups excluding carboxylic acids is 1. The third-order valence-electron chi connectivity index (χ3n) is 3.52. The summed E-state index contributed by atoms with van der Waals surface area (Å²) in [7, 11) is -3.43. The molecule has 2 rings (SSSR count). The maximum absolute atomic E-state index is 12.3. The van der Waals surface area contributed by atoms with Gasteiger partial charge in [-0.3, -0.25) is 0 Å². The molecule has 0 aliphatic heterocycles. The molecule has 2 N–H and O–H groups in total. The molecule has 0 saturated carbocycles. The van der Waals surface area contributed by atoms with Crippen LogP contribution in [0.25, 0.3) is 0 Å². The summed E-state index contributed by atoms with van der Waals surface area (Å²) in [5.74, 6) is -0.144. The Balaban J connectivity index is 1.86. The first-order valence-corrected chi connectivity index (χ1v) is 9.40. The largest absolute Gasteiger partial charge is 0.335 e. The average molecular weight is 346 g/mol. The smallest absolute Gasteiger partial charge is 0.315 e. The Morgan fingerprint density at radius 3 is 2.29 bits per heavy atom. The molecule has 0 unspecified atom stereocenters. The second kappa shape index (κ2) is 7.97. The lowest BCUT2D eigenvalue weighted by atomic mass is 10.2. The third kappa shape index (κ3) is 5.38. The number of aryl methyl sites for hydroxylation is 1. The molecular formula is C18H22N2O3S. The van der Waals surface area contributed by atoms with Crippen molar-refractivity contribution >= 4 is 15.9 Å². The van der Waals surface area contributed by atoms with E-state index in [0.717, 1.165) is 11.1 Å². The Bertz CT molecular complexity index is 772. The molecule has 0 radical (unpaired) electrons. The van der Waals surface area contributed by atoms with Gasteiger partial charge < -0.3 is 10.6 Å². The summed E-state index contributed by atoms with van der Waals surface area (Å²) in [4.78, 5) is 12.1. The minimum Gasteiger partial charge on any atom is -0.335 e. The van der Waals surface area contributed by atoms with Gasteiger partial charge in [0, 0.05) is 12.6 Å². The van der Waals surface area contributed by atoms with E-state index in [4.69, 9.17) is 0 Å². The summed E-state index contributed by atoms with van der Waals surface area (Å²) < 4.78 is 24.7. The fraction of sp³-hybridized carbons (Fsp3) is 0.278. The monoisotopic (exact) mass is 346 g/mol. The molecule has 5 nitrogen and oxygen atoms in total. The molecule has 0 aliphatic carbocycles. The van der Waals surface area contributed by atoms with Gasteiger partial charge in [-0.2, -0.15) is 0 Å². The van der Waals surface area contributed by atoms with E-state index in [9.17, 15) is 13.2 Å². The van der Waals surface area contributed by atoms with Crippen LogP contribution < -0.4 is 10.6 Å². The van der Waals surface area contributed by atoms with E-state index in [0.29, 0.717) is 6.54 Å². The molecule has 0 aromatic heterocycles. The zero-order valence-corrected chi connectivity index (χ0v) is 14.6.